The number of carbonyl (C=O) groups excluding carboxylic acids is 2. The van der Waals surface area contributed by atoms with Gasteiger partial charge in [-0.3, -0.25) is 9.59 Å². The van der Waals surface area contributed by atoms with Crippen molar-refractivity contribution >= 4 is 17.5 Å². The van der Waals surface area contributed by atoms with Crippen LogP contribution in [-0.2, 0) is 17.8 Å². The fraction of sp³-hybridized carbons (Fsp3) is 0.364. The van der Waals surface area contributed by atoms with Crippen molar-refractivity contribution in [3.05, 3.63) is 53.1 Å². The van der Waals surface area contributed by atoms with Gasteiger partial charge in [-0.25, -0.2) is 0 Å². The third-order valence-corrected chi connectivity index (χ3v) is 4.90. The summed E-state index contributed by atoms with van der Waals surface area (Å²) in [5, 5.41) is 2.92. The van der Waals surface area contributed by atoms with Crippen LogP contribution in [0, 0.1) is 5.92 Å². The van der Waals surface area contributed by atoms with Gasteiger partial charge in [0.05, 0.1) is 14.2 Å². The van der Waals surface area contributed by atoms with Gasteiger partial charge in [-0.2, -0.15) is 0 Å². The summed E-state index contributed by atoms with van der Waals surface area (Å²) in [6.07, 6.45) is 0.828. The van der Waals surface area contributed by atoms with Crippen molar-refractivity contribution in [2.45, 2.75) is 26.8 Å². The molecule has 0 saturated heterocycles. The van der Waals surface area contributed by atoms with Crippen LogP contribution in [0.1, 0.15) is 35.3 Å². The van der Waals surface area contributed by atoms with Gasteiger partial charge in [0.25, 0.3) is 5.91 Å². The van der Waals surface area contributed by atoms with Crippen molar-refractivity contribution in [1.29, 1.82) is 0 Å². The summed E-state index contributed by atoms with van der Waals surface area (Å²) >= 11 is 0. The van der Waals surface area contributed by atoms with E-state index in [9.17, 15) is 9.59 Å². The minimum absolute atomic E-state index is 0.0209. The average Bonchev–Trinajstić information content (AvgIpc) is 2.71. The molecule has 1 N–H and O–H groups in total. The SMILES string of the molecule is COc1cc(OC)cc(C(=O)Nc2ccc3c(c2)CN(C(=O)C(C)C)CC3)c1. The Kier molecular flexibility index (Phi) is 5.87. The van der Waals surface area contributed by atoms with E-state index in [0.29, 0.717) is 29.3 Å². The first-order valence-electron chi connectivity index (χ1n) is 9.36. The number of ether oxygens (including phenoxy) is 2. The van der Waals surface area contributed by atoms with Gasteiger partial charge >= 0.3 is 0 Å². The first-order chi connectivity index (χ1) is 13.4. The van der Waals surface area contributed by atoms with Crippen molar-refractivity contribution in [2.24, 2.45) is 5.92 Å². The van der Waals surface area contributed by atoms with Crippen molar-refractivity contribution in [3.63, 3.8) is 0 Å². The standard InChI is InChI=1S/C22H26N2O4/c1-14(2)22(26)24-8-7-15-5-6-18(9-17(15)13-24)23-21(25)16-10-19(27-3)12-20(11-16)28-4/h5-6,9-12,14H,7-8,13H2,1-4H3,(H,23,25). The number of hydrogen-bond donors (Lipinski definition) is 1. The van der Waals surface area contributed by atoms with E-state index in [1.807, 2.05) is 36.9 Å². The third kappa shape index (κ3) is 4.27. The van der Waals surface area contributed by atoms with Gasteiger partial charge in [-0.1, -0.05) is 19.9 Å². The topological polar surface area (TPSA) is 67.9 Å². The lowest BCUT2D eigenvalue weighted by atomic mass is 9.98. The van der Waals surface area contributed by atoms with E-state index in [1.165, 1.54) is 5.56 Å². The molecule has 0 bridgehead atoms. The number of hydrogen-bond acceptors (Lipinski definition) is 4. The largest absolute Gasteiger partial charge is 0.497 e. The first kappa shape index (κ1) is 19.7. The number of amides is 2. The van der Waals surface area contributed by atoms with Crippen LogP contribution < -0.4 is 14.8 Å². The second kappa shape index (κ2) is 8.33. The van der Waals surface area contributed by atoms with E-state index >= 15 is 0 Å². The zero-order valence-electron chi connectivity index (χ0n) is 16.7. The number of fused-ring (bicyclic) bond motifs is 1. The van der Waals surface area contributed by atoms with E-state index < -0.39 is 0 Å². The minimum Gasteiger partial charge on any atom is -0.497 e. The number of benzene rings is 2. The highest BCUT2D eigenvalue weighted by atomic mass is 16.5. The molecule has 0 aromatic heterocycles. The van der Waals surface area contributed by atoms with Gasteiger partial charge in [-0.05, 0) is 41.8 Å². The van der Waals surface area contributed by atoms with Crippen LogP contribution in [-0.4, -0.2) is 37.5 Å². The van der Waals surface area contributed by atoms with Gasteiger partial charge < -0.3 is 19.7 Å². The molecule has 1 aliphatic rings. The molecule has 6 heteroatoms. The summed E-state index contributed by atoms with van der Waals surface area (Å²) in [6, 6.07) is 10.9. The molecule has 2 aromatic carbocycles. The summed E-state index contributed by atoms with van der Waals surface area (Å²) in [5.74, 6) is 0.995. The van der Waals surface area contributed by atoms with E-state index in [-0.39, 0.29) is 17.7 Å². The second-order valence-electron chi connectivity index (χ2n) is 7.20. The monoisotopic (exact) mass is 382 g/mol. The van der Waals surface area contributed by atoms with Crippen molar-refractivity contribution < 1.29 is 19.1 Å². The molecule has 3 rings (SSSR count). The number of rotatable bonds is 5. The number of carbonyl (C=O) groups is 2. The Balaban J connectivity index is 1.78. The van der Waals surface area contributed by atoms with E-state index in [2.05, 4.69) is 5.32 Å². The molecule has 0 fully saturated rings. The van der Waals surface area contributed by atoms with E-state index in [1.54, 1.807) is 32.4 Å². The third-order valence-electron chi connectivity index (χ3n) is 4.90. The summed E-state index contributed by atoms with van der Waals surface area (Å²) in [6.45, 7) is 5.14. The van der Waals surface area contributed by atoms with Crippen LogP contribution in [0.2, 0.25) is 0 Å². The summed E-state index contributed by atoms with van der Waals surface area (Å²) < 4.78 is 10.5. The van der Waals surface area contributed by atoms with Crippen molar-refractivity contribution in [1.82, 2.24) is 4.90 Å². The van der Waals surface area contributed by atoms with Crippen molar-refractivity contribution in [2.75, 3.05) is 26.1 Å². The van der Waals surface area contributed by atoms with Gasteiger partial charge in [0, 0.05) is 36.3 Å². The quantitative estimate of drug-likeness (QED) is 0.859. The number of methoxy groups -OCH3 is 2. The molecule has 1 aliphatic heterocycles. The van der Waals surface area contributed by atoms with Crippen LogP contribution in [0.5, 0.6) is 11.5 Å². The van der Waals surface area contributed by atoms with E-state index in [4.69, 9.17) is 9.47 Å². The highest BCUT2D eigenvalue weighted by molar-refractivity contribution is 6.04. The number of anilines is 1. The second-order valence-corrected chi connectivity index (χ2v) is 7.20. The molecule has 0 aliphatic carbocycles. The van der Waals surface area contributed by atoms with Crippen LogP contribution in [0.25, 0.3) is 0 Å². The summed E-state index contributed by atoms with van der Waals surface area (Å²) in [7, 11) is 3.09. The molecule has 0 spiro atoms. The Labute approximate surface area is 165 Å². The fourth-order valence-electron chi connectivity index (χ4n) is 3.33. The zero-order valence-corrected chi connectivity index (χ0v) is 16.7. The lowest BCUT2D eigenvalue weighted by Crippen LogP contribution is -2.38. The summed E-state index contributed by atoms with van der Waals surface area (Å²) in [4.78, 5) is 26.9. The summed E-state index contributed by atoms with van der Waals surface area (Å²) in [5.41, 5.74) is 3.44. The fourth-order valence-corrected chi connectivity index (χ4v) is 3.33. The Morgan fingerprint density at radius 1 is 1.00 bits per heavy atom. The average molecular weight is 382 g/mol. The molecule has 0 atom stereocenters. The Bertz CT molecular complexity index is 870. The predicted molar refractivity (Wildman–Crippen MR) is 108 cm³/mol. The molecular formula is C22H26N2O4. The van der Waals surface area contributed by atoms with Gasteiger partial charge in [-0.15, -0.1) is 0 Å². The zero-order chi connectivity index (χ0) is 20.3. The Morgan fingerprint density at radius 2 is 1.68 bits per heavy atom. The maximum atomic E-state index is 12.7. The molecule has 148 valence electrons. The lowest BCUT2D eigenvalue weighted by molar-refractivity contribution is -0.135. The molecule has 2 aromatic rings. The van der Waals surface area contributed by atoms with Gasteiger partial charge in [0.1, 0.15) is 11.5 Å². The van der Waals surface area contributed by atoms with Crippen LogP contribution in [0.4, 0.5) is 5.69 Å². The smallest absolute Gasteiger partial charge is 0.255 e. The number of nitrogens with zero attached hydrogens (tertiary/aromatic N) is 1. The molecule has 28 heavy (non-hydrogen) atoms. The van der Waals surface area contributed by atoms with Crippen molar-refractivity contribution in [3.8, 4) is 11.5 Å². The van der Waals surface area contributed by atoms with E-state index in [0.717, 1.165) is 18.5 Å². The Morgan fingerprint density at radius 3 is 2.29 bits per heavy atom. The van der Waals surface area contributed by atoms with Gasteiger partial charge in [0.15, 0.2) is 0 Å². The molecular weight excluding hydrogens is 356 g/mol. The molecule has 0 unspecified atom stereocenters. The Hall–Kier alpha value is -3.02. The van der Waals surface area contributed by atoms with Crippen LogP contribution in [0.3, 0.4) is 0 Å². The maximum Gasteiger partial charge on any atom is 0.255 e. The predicted octanol–water partition coefficient (Wildman–Crippen LogP) is 3.50. The highest BCUT2D eigenvalue weighted by Crippen LogP contribution is 2.26. The maximum absolute atomic E-state index is 12.7. The molecule has 1 heterocycles. The lowest BCUT2D eigenvalue weighted by Gasteiger charge is -2.30. The molecule has 0 saturated carbocycles. The molecule has 2 amide bonds. The van der Waals surface area contributed by atoms with Crippen LogP contribution in [0.15, 0.2) is 36.4 Å². The normalized spacial score (nSPS) is 13.1. The first-order valence-corrected chi connectivity index (χ1v) is 9.36. The highest BCUT2D eigenvalue weighted by Gasteiger charge is 2.23. The number of nitrogens with one attached hydrogen (secondary N) is 1. The molecule has 0 radical (unpaired) electrons. The molecule has 6 nitrogen and oxygen atoms in total. The van der Waals surface area contributed by atoms with Gasteiger partial charge in [0.2, 0.25) is 5.91 Å². The van der Waals surface area contributed by atoms with Crippen LogP contribution >= 0.6 is 0 Å². The minimum atomic E-state index is -0.247.